The number of hydrogen-bond donors (Lipinski definition) is 3. The van der Waals surface area contributed by atoms with Crippen molar-refractivity contribution in [2.75, 3.05) is 10.7 Å². The number of halogens is 1. The van der Waals surface area contributed by atoms with Crippen molar-refractivity contribution in [1.29, 1.82) is 5.26 Å². The van der Waals surface area contributed by atoms with E-state index in [0.29, 0.717) is 11.5 Å². The molecule has 4 N–H and O–H groups in total. The highest BCUT2D eigenvalue weighted by molar-refractivity contribution is 5.64. The van der Waals surface area contributed by atoms with Crippen molar-refractivity contribution < 1.29 is 4.39 Å². The average Bonchev–Trinajstić information content (AvgIpc) is 2.41. The van der Waals surface area contributed by atoms with Gasteiger partial charge in [0, 0.05) is 6.20 Å². The van der Waals surface area contributed by atoms with Crippen molar-refractivity contribution in [2.45, 2.75) is 0 Å². The van der Waals surface area contributed by atoms with E-state index in [1.807, 2.05) is 6.07 Å². The molecule has 90 valence electrons. The van der Waals surface area contributed by atoms with Gasteiger partial charge in [-0.1, -0.05) is 0 Å². The van der Waals surface area contributed by atoms with Crippen molar-refractivity contribution in [3.8, 4) is 6.07 Å². The van der Waals surface area contributed by atoms with Crippen molar-refractivity contribution in [2.24, 2.45) is 5.84 Å². The molecule has 0 unspecified atom stereocenters. The summed E-state index contributed by atoms with van der Waals surface area (Å²) in [4.78, 5) is 7.87. The molecular weight excluding hydrogens is 235 g/mol. The Kier molecular flexibility index (Phi) is 3.31. The van der Waals surface area contributed by atoms with Gasteiger partial charge in [-0.05, 0) is 24.3 Å². The van der Waals surface area contributed by atoms with Gasteiger partial charge in [0.25, 0.3) is 0 Å². The molecule has 0 aliphatic carbocycles. The smallest absolute Gasteiger partial charge is 0.239 e. The molecule has 0 saturated carbocycles. The number of nitrogens with zero attached hydrogens (tertiary/aromatic N) is 3. The van der Waals surface area contributed by atoms with Gasteiger partial charge < -0.3 is 5.32 Å². The lowest BCUT2D eigenvalue weighted by molar-refractivity contribution is 0.627. The number of nitrogens with one attached hydrogen (secondary N) is 2. The summed E-state index contributed by atoms with van der Waals surface area (Å²) in [6.45, 7) is 0. The highest BCUT2D eigenvalue weighted by atomic mass is 19.1. The molecule has 1 aromatic heterocycles. The van der Waals surface area contributed by atoms with Crippen molar-refractivity contribution in [3.63, 3.8) is 0 Å². The minimum absolute atomic E-state index is 0.191. The minimum Gasteiger partial charge on any atom is -0.339 e. The number of nitrogen functional groups attached to an aromatic ring is 1. The first-order valence-electron chi connectivity index (χ1n) is 4.99. The Morgan fingerprint density at radius 1 is 1.33 bits per heavy atom. The van der Waals surface area contributed by atoms with Gasteiger partial charge in [-0.2, -0.15) is 10.2 Å². The lowest BCUT2D eigenvalue weighted by atomic mass is 10.2. The molecule has 0 bridgehead atoms. The molecule has 0 radical (unpaired) electrons. The Bertz CT molecular complexity index is 607. The summed E-state index contributed by atoms with van der Waals surface area (Å²) >= 11 is 0. The molecule has 0 aliphatic heterocycles. The first-order chi connectivity index (χ1) is 8.72. The Hall–Kier alpha value is -2.72. The van der Waals surface area contributed by atoms with Crippen LogP contribution in [0, 0.1) is 17.1 Å². The maximum atomic E-state index is 13.0. The average molecular weight is 244 g/mol. The Balaban J connectivity index is 2.31. The quantitative estimate of drug-likeness (QED) is 0.559. The van der Waals surface area contributed by atoms with Gasteiger partial charge in [0.15, 0.2) is 0 Å². The van der Waals surface area contributed by atoms with Crippen LogP contribution in [0.5, 0.6) is 0 Å². The van der Waals surface area contributed by atoms with Crippen LogP contribution in [0.25, 0.3) is 0 Å². The summed E-state index contributed by atoms with van der Waals surface area (Å²) in [5.41, 5.74) is 2.95. The van der Waals surface area contributed by atoms with E-state index in [4.69, 9.17) is 11.1 Å². The lowest BCUT2D eigenvalue weighted by Crippen LogP contribution is -2.11. The highest BCUT2D eigenvalue weighted by Gasteiger charge is 2.05. The molecule has 2 aromatic rings. The van der Waals surface area contributed by atoms with Crippen LogP contribution >= 0.6 is 0 Å². The number of hydrazine groups is 1. The van der Waals surface area contributed by atoms with E-state index in [-0.39, 0.29) is 11.5 Å². The Morgan fingerprint density at radius 3 is 2.89 bits per heavy atom. The molecular formula is C11H9FN6. The van der Waals surface area contributed by atoms with E-state index >= 15 is 0 Å². The summed E-state index contributed by atoms with van der Waals surface area (Å²) in [6.07, 6.45) is 1.50. The number of nitriles is 1. The number of hydrogen-bond acceptors (Lipinski definition) is 6. The van der Waals surface area contributed by atoms with Gasteiger partial charge in [0.1, 0.15) is 17.7 Å². The fourth-order valence-corrected chi connectivity index (χ4v) is 1.35. The third kappa shape index (κ3) is 2.50. The van der Waals surface area contributed by atoms with Crippen LogP contribution in [0.2, 0.25) is 0 Å². The van der Waals surface area contributed by atoms with Crippen LogP contribution < -0.4 is 16.6 Å². The van der Waals surface area contributed by atoms with E-state index < -0.39 is 5.82 Å². The number of nitrogens with two attached hydrogens (primary N) is 1. The molecule has 0 saturated heterocycles. The van der Waals surface area contributed by atoms with Crippen molar-refractivity contribution in [1.82, 2.24) is 9.97 Å². The number of aromatic nitrogens is 2. The van der Waals surface area contributed by atoms with Crippen molar-refractivity contribution >= 4 is 17.5 Å². The molecule has 1 aromatic carbocycles. The minimum atomic E-state index is -0.468. The third-order valence-electron chi connectivity index (χ3n) is 2.15. The van der Waals surface area contributed by atoms with Gasteiger partial charge in [0.2, 0.25) is 5.95 Å². The Labute approximate surface area is 102 Å². The normalized spacial score (nSPS) is 9.61. The molecule has 0 fully saturated rings. The Morgan fingerprint density at radius 2 is 2.17 bits per heavy atom. The predicted molar refractivity (Wildman–Crippen MR) is 64.2 cm³/mol. The maximum absolute atomic E-state index is 13.0. The molecule has 0 atom stereocenters. The fourth-order valence-electron chi connectivity index (χ4n) is 1.35. The molecule has 1 heterocycles. The molecule has 2 rings (SSSR count). The van der Waals surface area contributed by atoms with E-state index in [0.717, 1.165) is 6.07 Å². The van der Waals surface area contributed by atoms with Gasteiger partial charge in [-0.15, -0.1) is 0 Å². The number of benzene rings is 1. The molecule has 18 heavy (non-hydrogen) atoms. The van der Waals surface area contributed by atoms with E-state index in [9.17, 15) is 4.39 Å². The van der Waals surface area contributed by atoms with Crippen LogP contribution in [-0.4, -0.2) is 9.97 Å². The predicted octanol–water partition coefficient (Wildman–Crippen LogP) is 1.52. The summed E-state index contributed by atoms with van der Waals surface area (Å²) in [7, 11) is 0. The van der Waals surface area contributed by atoms with Gasteiger partial charge in [-0.3, -0.25) is 5.43 Å². The molecule has 7 heteroatoms. The third-order valence-corrected chi connectivity index (χ3v) is 2.15. The SMILES string of the molecule is N#Cc1cc(F)ccc1Nc1ccnc(NN)n1. The zero-order valence-corrected chi connectivity index (χ0v) is 9.18. The highest BCUT2D eigenvalue weighted by Crippen LogP contribution is 2.20. The summed E-state index contributed by atoms with van der Waals surface area (Å²) < 4.78 is 13.0. The zero-order chi connectivity index (χ0) is 13.0. The number of anilines is 3. The topological polar surface area (TPSA) is 99.7 Å². The van der Waals surface area contributed by atoms with Crippen molar-refractivity contribution in [3.05, 3.63) is 41.8 Å². The monoisotopic (exact) mass is 244 g/mol. The van der Waals surface area contributed by atoms with Gasteiger partial charge in [0.05, 0.1) is 11.3 Å². The van der Waals surface area contributed by atoms with Gasteiger partial charge >= 0.3 is 0 Å². The summed E-state index contributed by atoms with van der Waals surface area (Å²) in [5, 5.41) is 11.8. The first kappa shape index (κ1) is 11.8. The van der Waals surface area contributed by atoms with Gasteiger partial charge in [-0.25, -0.2) is 15.2 Å². The second-order valence-corrected chi connectivity index (χ2v) is 3.34. The first-order valence-corrected chi connectivity index (χ1v) is 4.99. The molecule has 0 aliphatic rings. The standard InChI is InChI=1S/C11H9FN6/c12-8-1-2-9(7(5-8)6-13)16-10-3-4-15-11(17-10)18-14/h1-5H,14H2,(H2,15,16,17,18). The summed E-state index contributed by atoms with van der Waals surface area (Å²) in [5.74, 6) is 5.40. The van der Waals surface area contributed by atoms with Crippen LogP contribution in [0.3, 0.4) is 0 Å². The fraction of sp³-hybridized carbons (Fsp3) is 0. The molecule has 0 amide bonds. The van der Waals surface area contributed by atoms with Crippen LogP contribution in [0.1, 0.15) is 5.56 Å². The van der Waals surface area contributed by atoms with Crippen LogP contribution in [0.15, 0.2) is 30.5 Å². The number of rotatable bonds is 3. The second kappa shape index (κ2) is 5.07. The largest absolute Gasteiger partial charge is 0.339 e. The zero-order valence-electron chi connectivity index (χ0n) is 9.18. The molecule has 6 nitrogen and oxygen atoms in total. The lowest BCUT2D eigenvalue weighted by Gasteiger charge is -2.08. The van der Waals surface area contributed by atoms with Crippen LogP contribution in [-0.2, 0) is 0 Å². The van der Waals surface area contributed by atoms with Crippen LogP contribution in [0.4, 0.5) is 21.8 Å². The van der Waals surface area contributed by atoms with E-state index in [1.54, 1.807) is 6.07 Å². The van der Waals surface area contributed by atoms with E-state index in [2.05, 4.69) is 20.7 Å². The summed E-state index contributed by atoms with van der Waals surface area (Å²) in [6, 6.07) is 7.37. The maximum Gasteiger partial charge on any atom is 0.239 e. The second-order valence-electron chi connectivity index (χ2n) is 3.34. The van der Waals surface area contributed by atoms with E-state index in [1.165, 1.54) is 18.3 Å². The molecule has 0 spiro atoms.